The Kier molecular flexibility index (Phi) is 5.74. The Morgan fingerprint density at radius 2 is 2.00 bits per heavy atom. The summed E-state index contributed by atoms with van der Waals surface area (Å²) >= 11 is 0. The van der Waals surface area contributed by atoms with Crippen LogP contribution in [0.1, 0.15) is 24.2 Å². The molecule has 0 amide bonds. The number of rotatable bonds is 6. The maximum absolute atomic E-state index is 13.7. The molecule has 1 aliphatic heterocycles. The Morgan fingerprint density at radius 3 is 2.55 bits per heavy atom. The van der Waals surface area contributed by atoms with Crippen molar-refractivity contribution in [1.29, 1.82) is 0 Å². The van der Waals surface area contributed by atoms with Crippen LogP contribution >= 0.6 is 0 Å². The molecule has 2 rings (SSSR count). The van der Waals surface area contributed by atoms with E-state index < -0.39 is 11.8 Å². The van der Waals surface area contributed by atoms with Gasteiger partial charge in [-0.15, -0.1) is 0 Å². The summed E-state index contributed by atoms with van der Waals surface area (Å²) in [4.78, 5) is 15.5. The SMILES string of the molecule is CC(C)N1CCN(CCOc2ccc(C(=O)O)cc2F)CC1. The van der Waals surface area contributed by atoms with Crippen molar-refractivity contribution in [3.05, 3.63) is 29.6 Å². The molecule has 1 heterocycles. The molecule has 0 radical (unpaired) electrons. The normalized spacial score (nSPS) is 16.9. The molecule has 6 heteroatoms. The van der Waals surface area contributed by atoms with E-state index in [1.165, 1.54) is 12.1 Å². The summed E-state index contributed by atoms with van der Waals surface area (Å²) in [5, 5.41) is 8.79. The van der Waals surface area contributed by atoms with Crippen LogP contribution in [0.2, 0.25) is 0 Å². The van der Waals surface area contributed by atoms with Crippen LogP contribution in [0.3, 0.4) is 0 Å². The molecule has 5 nitrogen and oxygen atoms in total. The summed E-state index contributed by atoms with van der Waals surface area (Å²) in [5.74, 6) is -1.68. The summed E-state index contributed by atoms with van der Waals surface area (Å²) < 4.78 is 19.1. The molecule has 1 saturated heterocycles. The first-order chi connectivity index (χ1) is 10.5. The molecule has 1 aromatic carbocycles. The first-order valence-electron chi connectivity index (χ1n) is 7.59. The van der Waals surface area contributed by atoms with E-state index in [1.54, 1.807) is 0 Å². The number of benzene rings is 1. The lowest BCUT2D eigenvalue weighted by molar-refractivity contribution is 0.0696. The number of hydrogen-bond donors (Lipinski definition) is 1. The summed E-state index contributed by atoms with van der Waals surface area (Å²) in [6.07, 6.45) is 0. The van der Waals surface area contributed by atoms with Crippen molar-refractivity contribution in [2.75, 3.05) is 39.3 Å². The Balaban J connectivity index is 1.76. The average molecular weight is 310 g/mol. The molecule has 22 heavy (non-hydrogen) atoms. The molecule has 1 aliphatic rings. The molecule has 0 aromatic heterocycles. The molecule has 1 N–H and O–H groups in total. The van der Waals surface area contributed by atoms with Crippen molar-refractivity contribution in [3.8, 4) is 5.75 Å². The molecular weight excluding hydrogens is 287 g/mol. The lowest BCUT2D eigenvalue weighted by Gasteiger charge is -2.36. The number of carboxylic acids is 1. The van der Waals surface area contributed by atoms with Gasteiger partial charge >= 0.3 is 5.97 Å². The molecule has 122 valence electrons. The molecule has 0 bridgehead atoms. The van der Waals surface area contributed by atoms with Gasteiger partial charge in [-0.25, -0.2) is 9.18 Å². The van der Waals surface area contributed by atoms with E-state index >= 15 is 0 Å². The Hall–Kier alpha value is -1.66. The maximum atomic E-state index is 13.7. The fraction of sp³-hybridized carbons (Fsp3) is 0.562. The number of ether oxygens (including phenoxy) is 1. The highest BCUT2D eigenvalue weighted by Gasteiger charge is 2.18. The largest absolute Gasteiger partial charge is 0.489 e. The van der Waals surface area contributed by atoms with Crippen molar-refractivity contribution in [1.82, 2.24) is 9.80 Å². The molecule has 0 unspecified atom stereocenters. The van der Waals surface area contributed by atoms with E-state index in [0.717, 1.165) is 38.8 Å². The van der Waals surface area contributed by atoms with Gasteiger partial charge in [0.05, 0.1) is 5.56 Å². The fourth-order valence-corrected chi connectivity index (χ4v) is 2.54. The van der Waals surface area contributed by atoms with Crippen LogP contribution < -0.4 is 4.74 Å². The second kappa shape index (κ2) is 7.56. The predicted molar refractivity (Wildman–Crippen MR) is 82.0 cm³/mol. The van der Waals surface area contributed by atoms with Crippen molar-refractivity contribution in [2.45, 2.75) is 19.9 Å². The third-order valence-electron chi connectivity index (χ3n) is 3.98. The topological polar surface area (TPSA) is 53.0 Å². The van der Waals surface area contributed by atoms with E-state index in [2.05, 4.69) is 23.6 Å². The van der Waals surface area contributed by atoms with Crippen molar-refractivity contribution in [2.24, 2.45) is 0 Å². The highest BCUT2D eigenvalue weighted by Crippen LogP contribution is 2.18. The van der Waals surface area contributed by atoms with Crippen molar-refractivity contribution in [3.63, 3.8) is 0 Å². The Labute approximate surface area is 130 Å². The highest BCUT2D eigenvalue weighted by molar-refractivity contribution is 5.87. The second-order valence-corrected chi connectivity index (χ2v) is 5.77. The van der Waals surface area contributed by atoms with Gasteiger partial charge in [0.15, 0.2) is 11.6 Å². The fourth-order valence-electron chi connectivity index (χ4n) is 2.54. The van der Waals surface area contributed by atoms with Crippen LogP contribution in [0.5, 0.6) is 5.75 Å². The van der Waals surface area contributed by atoms with Crippen LogP contribution in [0, 0.1) is 5.82 Å². The van der Waals surface area contributed by atoms with E-state index in [0.29, 0.717) is 12.6 Å². The van der Waals surface area contributed by atoms with Crippen molar-refractivity contribution >= 4 is 5.97 Å². The van der Waals surface area contributed by atoms with Gasteiger partial charge in [-0.2, -0.15) is 0 Å². The Bertz CT molecular complexity index is 514. The van der Waals surface area contributed by atoms with Gasteiger partial charge in [-0.1, -0.05) is 0 Å². The predicted octanol–water partition coefficient (Wildman–Crippen LogP) is 1.93. The van der Waals surface area contributed by atoms with Gasteiger partial charge in [0.25, 0.3) is 0 Å². The minimum atomic E-state index is -1.14. The number of hydrogen-bond acceptors (Lipinski definition) is 4. The molecule has 1 aromatic rings. The minimum absolute atomic E-state index is 0.0744. The zero-order chi connectivity index (χ0) is 16.1. The van der Waals surface area contributed by atoms with Crippen LogP contribution in [0.4, 0.5) is 4.39 Å². The summed E-state index contributed by atoms with van der Waals surface area (Å²) in [5.41, 5.74) is -0.0744. The standard InChI is InChI=1S/C16H23FN2O3/c1-12(2)19-7-5-18(6-8-19)9-10-22-15-4-3-13(16(20)21)11-14(15)17/h3-4,11-12H,5-10H2,1-2H3,(H,20,21). The van der Waals surface area contributed by atoms with Gasteiger partial charge in [-0.05, 0) is 32.0 Å². The van der Waals surface area contributed by atoms with Gasteiger partial charge < -0.3 is 9.84 Å². The summed E-state index contributed by atoms with van der Waals surface area (Å²) in [6, 6.07) is 4.27. The second-order valence-electron chi connectivity index (χ2n) is 5.77. The van der Waals surface area contributed by atoms with E-state index in [4.69, 9.17) is 9.84 Å². The monoisotopic (exact) mass is 310 g/mol. The molecule has 0 atom stereocenters. The number of carbonyl (C=O) groups is 1. The van der Waals surface area contributed by atoms with E-state index in [1.807, 2.05) is 0 Å². The van der Waals surface area contributed by atoms with Crippen molar-refractivity contribution < 1.29 is 19.0 Å². The number of nitrogens with zero attached hydrogens (tertiary/aromatic N) is 2. The molecule has 0 aliphatic carbocycles. The number of piperazine rings is 1. The van der Waals surface area contributed by atoms with Gasteiger partial charge in [0, 0.05) is 38.8 Å². The molecule has 1 fully saturated rings. The van der Waals surface area contributed by atoms with Crippen LogP contribution in [0.15, 0.2) is 18.2 Å². The first-order valence-corrected chi connectivity index (χ1v) is 7.59. The van der Waals surface area contributed by atoms with Gasteiger partial charge in [-0.3, -0.25) is 9.80 Å². The van der Waals surface area contributed by atoms with Crippen LogP contribution in [0.25, 0.3) is 0 Å². The van der Waals surface area contributed by atoms with E-state index in [9.17, 15) is 9.18 Å². The highest BCUT2D eigenvalue weighted by atomic mass is 19.1. The molecule has 0 spiro atoms. The average Bonchev–Trinajstić information content (AvgIpc) is 2.49. The minimum Gasteiger partial charge on any atom is -0.489 e. The molecule has 0 saturated carbocycles. The first kappa shape index (κ1) is 16.7. The third kappa shape index (κ3) is 4.42. The molecular formula is C16H23FN2O3. The third-order valence-corrected chi connectivity index (χ3v) is 3.98. The number of halogens is 1. The summed E-state index contributed by atoms with van der Waals surface area (Å²) in [7, 11) is 0. The van der Waals surface area contributed by atoms with Gasteiger partial charge in [0.1, 0.15) is 6.61 Å². The zero-order valence-electron chi connectivity index (χ0n) is 13.1. The lowest BCUT2D eigenvalue weighted by atomic mass is 10.2. The quantitative estimate of drug-likeness (QED) is 0.870. The lowest BCUT2D eigenvalue weighted by Crippen LogP contribution is -2.49. The maximum Gasteiger partial charge on any atom is 0.335 e. The van der Waals surface area contributed by atoms with Gasteiger partial charge in [0.2, 0.25) is 0 Å². The van der Waals surface area contributed by atoms with E-state index in [-0.39, 0.29) is 11.3 Å². The van der Waals surface area contributed by atoms with Crippen LogP contribution in [-0.2, 0) is 0 Å². The zero-order valence-corrected chi connectivity index (χ0v) is 13.1. The smallest absolute Gasteiger partial charge is 0.335 e. The summed E-state index contributed by atoms with van der Waals surface area (Å²) in [6.45, 7) is 9.59. The number of aromatic carboxylic acids is 1. The Morgan fingerprint density at radius 1 is 1.32 bits per heavy atom. The van der Waals surface area contributed by atoms with Crippen LogP contribution in [-0.4, -0.2) is 66.2 Å². The number of carboxylic acid groups (broad SMARTS) is 1.